The number of nitrogens with zero attached hydrogens (tertiary/aromatic N) is 3. The average molecular weight is 398 g/mol. The van der Waals surface area contributed by atoms with Crippen LogP contribution < -0.4 is 0 Å². The van der Waals surface area contributed by atoms with Gasteiger partial charge < -0.3 is 14.2 Å². The molecule has 28 heavy (non-hydrogen) atoms. The Morgan fingerprint density at radius 2 is 1.61 bits per heavy atom. The number of carbonyl (C=O) groups excluding carboxylic acids is 2. The number of pyridine rings is 1. The summed E-state index contributed by atoms with van der Waals surface area (Å²) in [6, 6.07) is 10.8. The zero-order valence-electron chi connectivity index (χ0n) is 15.7. The van der Waals surface area contributed by atoms with Crippen molar-refractivity contribution in [2.75, 3.05) is 26.2 Å². The third-order valence-corrected chi connectivity index (χ3v) is 5.23. The van der Waals surface area contributed by atoms with Crippen LogP contribution in [0.4, 0.5) is 0 Å². The lowest BCUT2D eigenvalue weighted by molar-refractivity contribution is 0.0531. The minimum absolute atomic E-state index is 0.0556. The van der Waals surface area contributed by atoms with Gasteiger partial charge in [0.25, 0.3) is 11.8 Å². The van der Waals surface area contributed by atoms with Crippen LogP contribution in [0.15, 0.2) is 40.8 Å². The molecule has 1 aromatic carbocycles. The molecule has 144 valence electrons. The summed E-state index contributed by atoms with van der Waals surface area (Å²) in [5.74, 6) is 1.15. The number of piperazine rings is 1. The van der Waals surface area contributed by atoms with Gasteiger partial charge in [-0.3, -0.25) is 9.59 Å². The van der Waals surface area contributed by atoms with E-state index in [9.17, 15) is 9.59 Å². The van der Waals surface area contributed by atoms with E-state index in [1.807, 2.05) is 19.1 Å². The molecular weight excluding hydrogens is 378 g/mol. The van der Waals surface area contributed by atoms with Crippen molar-refractivity contribution in [2.45, 2.75) is 13.8 Å². The smallest absolute Gasteiger partial charge is 0.272 e. The topological polar surface area (TPSA) is 66.7 Å². The molecule has 7 heteroatoms. The molecule has 2 aromatic heterocycles. The molecule has 1 aliphatic heterocycles. The maximum atomic E-state index is 12.8. The van der Waals surface area contributed by atoms with E-state index < -0.39 is 0 Å². The Morgan fingerprint density at radius 3 is 2.25 bits per heavy atom. The largest absolute Gasteiger partial charge is 0.466 e. The fourth-order valence-electron chi connectivity index (χ4n) is 3.50. The number of rotatable bonds is 2. The van der Waals surface area contributed by atoms with Gasteiger partial charge in [-0.25, -0.2) is 4.98 Å². The summed E-state index contributed by atoms with van der Waals surface area (Å²) in [7, 11) is 0. The van der Waals surface area contributed by atoms with Crippen molar-refractivity contribution in [2.24, 2.45) is 0 Å². The first-order valence-electron chi connectivity index (χ1n) is 9.14. The van der Waals surface area contributed by atoms with Crippen LogP contribution in [0.1, 0.15) is 32.4 Å². The molecule has 0 aliphatic carbocycles. The molecule has 0 spiro atoms. The van der Waals surface area contributed by atoms with Crippen molar-refractivity contribution < 1.29 is 14.0 Å². The summed E-state index contributed by atoms with van der Waals surface area (Å²) in [4.78, 5) is 33.5. The van der Waals surface area contributed by atoms with E-state index >= 15 is 0 Å². The number of furan rings is 1. The van der Waals surface area contributed by atoms with E-state index in [-0.39, 0.29) is 11.8 Å². The molecule has 3 heterocycles. The summed E-state index contributed by atoms with van der Waals surface area (Å²) in [5, 5.41) is 1.52. The minimum atomic E-state index is -0.135. The minimum Gasteiger partial charge on any atom is -0.466 e. The van der Waals surface area contributed by atoms with Crippen LogP contribution in [-0.2, 0) is 0 Å². The molecule has 4 rings (SSSR count). The highest BCUT2D eigenvalue weighted by molar-refractivity contribution is 6.31. The first kappa shape index (κ1) is 18.5. The van der Waals surface area contributed by atoms with Crippen molar-refractivity contribution in [1.82, 2.24) is 14.8 Å². The number of aryl methyl sites for hydroxylation is 2. The number of fused-ring (bicyclic) bond motifs is 1. The Balaban J connectivity index is 1.45. The fraction of sp³-hybridized carbons (Fsp3) is 0.286. The Kier molecular flexibility index (Phi) is 4.81. The first-order chi connectivity index (χ1) is 13.4. The van der Waals surface area contributed by atoms with Crippen molar-refractivity contribution in [3.63, 3.8) is 0 Å². The second-order valence-corrected chi connectivity index (χ2v) is 7.38. The Bertz CT molecular complexity index is 1070. The predicted molar refractivity (Wildman–Crippen MR) is 107 cm³/mol. The lowest BCUT2D eigenvalue weighted by Crippen LogP contribution is -2.50. The Morgan fingerprint density at radius 1 is 0.964 bits per heavy atom. The lowest BCUT2D eigenvalue weighted by atomic mass is 10.1. The number of carbonyl (C=O) groups is 2. The van der Waals surface area contributed by atoms with Gasteiger partial charge in [0.1, 0.15) is 17.2 Å². The first-order valence-corrected chi connectivity index (χ1v) is 9.52. The molecule has 2 amide bonds. The van der Waals surface area contributed by atoms with Crippen molar-refractivity contribution in [3.05, 3.63) is 64.2 Å². The number of hydrogen-bond acceptors (Lipinski definition) is 4. The zero-order chi connectivity index (χ0) is 19.8. The van der Waals surface area contributed by atoms with Gasteiger partial charge in [0, 0.05) is 36.6 Å². The highest BCUT2D eigenvalue weighted by atomic mass is 35.5. The van der Waals surface area contributed by atoms with Crippen LogP contribution in [0.25, 0.3) is 10.9 Å². The summed E-state index contributed by atoms with van der Waals surface area (Å²) in [6.07, 6.45) is 0. The molecule has 0 saturated carbocycles. The molecule has 1 saturated heterocycles. The molecule has 3 aromatic rings. The molecule has 0 atom stereocenters. The van der Waals surface area contributed by atoms with Gasteiger partial charge >= 0.3 is 0 Å². The predicted octanol–water partition coefficient (Wildman–Crippen LogP) is 3.70. The SMILES string of the molecule is Cc1cc(C(=O)N2CCN(C(=O)c3ccc4ccc(Cl)cc4n3)CC2)c(C)o1. The number of halogens is 1. The van der Waals surface area contributed by atoms with Gasteiger partial charge in [0.05, 0.1) is 11.1 Å². The zero-order valence-corrected chi connectivity index (χ0v) is 16.5. The summed E-state index contributed by atoms with van der Waals surface area (Å²) < 4.78 is 5.46. The molecule has 1 aliphatic rings. The molecule has 1 fully saturated rings. The highest BCUT2D eigenvalue weighted by Crippen LogP contribution is 2.20. The van der Waals surface area contributed by atoms with Crippen LogP contribution >= 0.6 is 11.6 Å². The third kappa shape index (κ3) is 3.47. The average Bonchev–Trinajstić information content (AvgIpc) is 3.04. The molecule has 0 N–H and O–H groups in total. The molecule has 0 bridgehead atoms. The number of aromatic nitrogens is 1. The quantitative estimate of drug-likeness (QED) is 0.661. The number of amides is 2. The van der Waals surface area contributed by atoms with Crippen LogP contribution in [0.2, 0.25) is 5.02 Å². The van der Waals surface area contributed by atoms with Crippen molar-refractivity contribution in [3.8, 4) is 0 Å². The van der Waals surface area contributed by atoms with Gasteiger partial charge in [-0.05, 0) is 38.1 Å². The monoisotopic (exact) mass is 397 g/mol. The Labute approximate surface area is 167 Å². The lowest BCUT2D eigenvalue weighted by Gasteiger charge is -2.34. The maximum Gasteiger partial charge on any atom is 0.272 e. The summed E-state index contributed by atoms with van der Waals surface area (Å²) in [5.41, 5.74) is 1.67. The van der Waals surface area contributed by atoms with E-state index in [1.54, 1.807) is 41.0 Å². The molecule has 0 unspecified atom stereocenters. The normalized spacial score (nSPS) is 14.5. The molecular formula is C21H20ClN3O3. The second-order valence-electron chi connectivity index (χ2n) is 6.94. The van der Waals surface area contributed by atoms with Crippen LogP contribution in [0, 0.1) is 13.8 Å². The third-order valence-electron chi connectivity index (χ3n) is 5.00. The van der Waals surface area contributed by atoms with E-state index in [0.29, 0.717) is 53.7 Å². The Hall–Kier alpha value is -2.86. The van der Waals surface area contributed by atoms with Crippen molar-refractivity contribution >= 4 is 34.3 Å². The standard InChI is InChI=1S/C21H20ClN3O3/c1-13-11-17(14(2)28-13)20(26)24-7-9-25(10-8-24)21(27)18-6-4-15-3-5-16(22)12-19(15)23-18/h3-6,11-12H,7-10H2,1-2H3. The second kappa shape index (κ2) is 7.28. The molecule has 0 radical (unpaired) electrons. The van der Waals surface area contributed by atoms with E-state index in [4.69, 9.17) is 16.0 Å². The maximum absolute atomic E-state index is 12.8. The van der Waals surface area contributed by atoms with Gasteiger partial charge in [0.15, 0.2) is 0 Å². The van der Waals surface area contributed by atoms with Crippen LogP contribution in [0.5, 0.6) is 0 Å². The van der Waals surface area contributed by atoms with Crippen LogP contribution in [-0.4, -0.2) is 52.8 Å². The van der Waals surface area contributed by atoms with E-state index in [0.717, 1.165) is 11.1 Å². The summed E-state index contributed by atoms with van der Waals surface area (Å²) >= 11 is 6.03. The van der Waals surface area contributed by atoms with E-state index in [1.165, 1.54) is 0 Å². The highest BCUT2D eigenvalue weighted by Gasteiger charge is 2.27. The summed E-state index contributed by atoms with van der Waals surface area (Å²) in [6.45, 7) is 5.51. The van der Waals surface area contributed by atoms with Gasteiger partial charge in [-0.1, -0.05) is 23.7 Å². The number of hydrogen-bond donors (Lipinski definition) is 0. The van der Waals surface area contributed by atoms with Gasteiger partial charge in [-0.15, -0.1) is 0 Å². The fourth-order valence-corrected chi connectivity index (χ4v) is 3.66. The van der Waals surface area contributed by atoms with E-state index in [2.05, 4.69) is 4.98 Å². The molecule has 6 nitrogen and oxygen atoms in total. The van der Waals surface area contributed by atoms with Gasteiger partial charge in [-0.2, -0.15) is 0 Å². The number of benzene rings is 1. The van der Waals surface area contributed by atoms with Gasteiger partial charge in [0.2, 0.25) is 0 Å². The van der Waals surface area contributed by atoms with Crippen molar-refractivity contribution in [1.29, 1.82) is 0 Å². The van der Waals surface area contributed by atoms with Crippen LogP contribution in [0.3, 0.4) is 0 Å².